The quantitative estimate of drug-likeness (QED) is 0.380. The molecule has 7 nitrogen and oxygen atoms in total. The van der Waals surface area contributed by atoms with Crippen LogP contribution in [0.2, 0.25) is 0 Å². The number of methoxy groups -OCH3 is 1. The maximum absolute atomic E-state index is 13.3. The number of anilines is 1. The van der Waals surface area contributed by atoms with Crippen molar-refractivity contribution < 1.29 is 17.9 Å². The number of carbonyl (C=O) groups is 1. The van der Waals surface area contributed by atoms with Gasteiger partial charge in [0.2, 0.25) is 0 Å². The van der Waals surface area contributed by atoms with Gasteiger partial charge in [-0.25, -0.2) is 13.8 Å². The van der Waals surface area contributed by atoms with Crippen molar-refractivity contribution in [2.75, 3.05) is 18.0 Å². The van der Waals surface area contributed by atoms with Crippen LogP contribution in [0.4, 0.5) is 5.69 Å². The third kappa shape index (κ3) is 6.20. The largest absolute Gasteiger partial charge is 0.497 e. The lowest BCUT2D eigenvalue weighted by Gasteiger charge is -2.23. The number of ether oxygens (including phenoxy) is 1. The molecule has 0 spiro atoms. The molecule has 1 amide bonds. The third-order valence-electron chi connectivity index (χ3n) is 4.98. The fourth-order valence-corrected chi connectivity index (χ4v) is 4.54. The maximum Gasteiger partial charge on any atom is 0.264 e. The first-order valence-electron chi connectivity index (χ1n) is 10.4. The topological polar surface area (TPSA) is 88.1 Å². The Morgan fingerprint density at radius 3 is 2.21 bits per heavy atom. The summed E-state index contributed by atoms with van der Waals surface area (Å²) in [5, 5.41) is 3.98. The van der Waals surface area contributed by atoms with Crippen LogP contribution in [-0.4, -0.2) is 34.2 Å². The minimum Gasteiger partial charge on any atom is -0.497 e. The number of rotatable bonds is 9. The molecule has 3 rings (SSSR count). The van der Waals surface area contributed by atoms with Crippen molar-refractivity contribution in [3.05, 3.63) is 90.0 Å². The fourth-order valence-electron chi connectivity index (χ4n) is 3.09. The lowest BCUT2D eigenvalue weighted by Crippen LogP contribution is -2.39. The Morgan fingerprint density at radius 1 is 1.00 bits per heavy atom. The van der Waals surface area contributed by atoms with Crippen LogP contribution in [0.1, 0.15) is 30.9 Å². The van der Waals surface area contributed by atoms with Crippen LogP contribution in [-0.2, 0) is 14.8 Å². The molecule has 0 saturated heterocycles. The molecule has 0 aliphatic rings. The summed E-state index contributed by atoms with van der Waals surface area (Å²) < 4.78 is 32.8. The van der Waals surface area contributed by atoms with E-state index in [1.807, 2.05) is 24.3 Å². The molecule has 0 unspecified atom stereocenters. The number of carbonyl (C=O) groups excluding carboxylic acids is 1. The van der Waals surface area contributed by atoms with Gasteiger partial charge in [0.25, 0.3) is 15.9 Å². The van der Waals surface area contributed by atoms with E-state index in [9.17, 15) is 13.2 Å². The first-order chi connectivity index (χ1) is 15.8. The van der Waals surface area contributed by atoms with Crippen molar-refractivity contribution >= 4 is 27.8 Å². The molecule has 1 N–H and O–H groups in total. The summed E-state index contributed by atoms with van der Waals surface area (Å²) >= 11 is 0. The average Bonchev–Trinajstić information content (AvgIpc) is 2.83. The molecule has 0 bridgehead atoms. The highest BCUT2D eigenvalue weighted by Gasteiger charge is 2.27. The van der Waals surface area contributed by atoms with Gasteiger partial charge in [0.1, 0.15) is 12.3 Å². The van der Waals surface area contributed by atoms with Gasteiger partial charge in [0.05, 0.1) is 23.9 Å². The standard InChI is InChI=1S/C25H27N3O4S/c1-19(2)21-11-9-20(10-12-21)17-26-27-25(29)18-28(22-13-15-23(32-3)16-14-22)33(30,31)24-7-5-4-6-8-24/h4-17,19H,18H2,1-3H3,(H,27,29). The summed E-state index contributed by atoms with van der Waals surface area (Å²) in [5.41, 5.74) is 4.78. The number of amides is 1. The first-order valence-corrected chi connectivity index (χ1v) is 11.9. The predicted molar refractivity (Wildman–Crippen MR) is 130 cm³/mol. The van der Waals surface area contributed by atoms with E-state index >= 15 is 0 Å². The van der Waals surface area contributed by atoms with Gasteiger partial charge >= 0.3 is 0 Å². The molecule has 0 aromatic heterocycles. The molecular formula is C25H27N3O4S. The van der Waals surface area contributed by atoms with Gasteiger partial charge < -0.3 is 4.74 Å². The summed E-state index contributed by atoms with van der Waals surface area (Å²) in [5.74, 6) is 0.430. The van der Waals surface area contributed by atoms with E-state index < -0.39 is 22.5 Å². The Bertz CT molecular complexity index is 1190. The Balaban J connectivity index is 1.78. The van der Waals surface area contributed by atoms with Crippen molar-refractivity contribution in [3.8, 4) is 5.75 Å². The van der Waals surface area contributed by atoms with Gasteiger partial charge in [-0.15, -0.1) is 0 Å². The molecule has 33 heavy (non-hydrogen) atoms. The Morgan fingerprint density at radius 2 is 1.64 bits per heavy atom. The highest BCUT2D eigenvalue weighted by molar-refractivity contribution is 7.92. The van der Waals surface area contributed by atoms with Crippen LogP contribution in [0, 0.1) is 0 Å². The minimum absolute atomic E-state index is 0.0855. The van der Waals surface area contributed by atoms with E-state index in [1.54, 1.807) is 42.5 Å². The number of sulfonamides is 1. The Labute approximate surface area is 194 Å². The van der Waals surface area contributed by atoms with Gasteiger partial charge in [-0.05, 0) is 53.4 Å². The number of benzene rings is 3. The van der Waals surface area contributed by atoms with Crippen molar-refractivity contribution in [1.29, 1.82) is 0 Å². The molecule has 0 fully saturated rings. The van der Waals surface area contributed by atoms with Crippen molar-refractivity contribution in [1.82, 2.24) is 5.43 Å². The van der Waals surface area contributed by atoms with Crippen LogP contribution in [0.15, 0.2) is 88.9 Å². The van der Waals surface area contributed by atoms with E-state index in [2.05, 4.69) is 24.4 Å². The normalized spacial score (nSPS) is 11.5. The smallest absolute Gasteiger partial charge is 0.264 e. The molecule has 0 heterocycles. The van der Waals surface area contributed by atoms with Crippen molar-refractivity contribution in [2.24, 2.45) is 5.10 Å². The van der Waals surface area contributed by atoms with E-state index in [0.717, 1.165) is 9.87 Å². The number of nitrogens with zero attached hydrogens (tertiary/aromatic N) is 2. The summed E-state index contributed by atoms with van der Waals surface area (Å²) in [6.45, 7) is 3.79. The van der Waals surface area contributed by atoms with Gasteiger partial charge in [-0.1, -0.05) is 56.3 Å². The molecule has 0 saturated carbocycles. The lowest BCUT2D eigenvalue weighted by atomic mass is 10.0. The molecular weight excluding hydrogens is 438 g/mol. The second-order valence-corrected chi connectivity index (χ2v) is 9.50. The highest BCUT2D eigenvalue weighted by Crippen LogP contribution is 2.25. The van der Waals surface area contributed by atoms with Crippen LogP contribution in [0.25, 0.3) is 0 Å². The molecule has 0 atom stereocenters. The van der Waals surface area contributed by atoms with Gasteiger partial charge in [0, 0.05) is 0 Å². The SMILES string of the molecule is COc1ccc(N(CC(=O)NN=Cc2ccc(C(C)C)cc2)S(=O)(=O)c2ccccc2)cc1. The third-order valence-corrected chi connectivity index (χ3v) is 6.77. The summed E-state index contributed by atoms with van der Waals surface area (Å²) in [7, 11) is -2.46. The van der Waals surface area contributed by atoms with Crippen molar-refractivity contribution in [3.63, 3.8) is 0 Å². The zero-order valence-corrected chi connectivity index (χ0v) is 19.6. The molecule has 0 aliphatic carbocycles. The molecule has 0 aliphatic heterocycles. The van der Waals surface area contributed by atoms with Crippen molar-refractivity contribution in [2.45, 2.75) is 24.7 Å². The zero-order valence-electron chi connectivity index (χ0n) is 18.8. The van der Waals surface area contributed by atoms with Gasteiger partial charge in [-0.2, -0.15) is 5.10 Å². The van der Waals surface area contributed by atoms with Gasteiger partial charge in [-0.3, -0.25) is 9.10 Å². The molecule has 3 aromatic rings. The van der Waals surface area contributed by atoms with Gasteiger partial charge in [0.15, 0.2) is 0 Å². The molecule has 0 radical (unpaired) electrons. The fraction of sp³-hybridized carbons (Fsp3) is 0.200. The van der Waals surface area contributed by atoms with Crippen LogP contribution >= 0.6 is 0 Å². The number of hydrazone groups is 1. The van der Waals surface area contributed by atoms with Crippen LogP contribution in [0.5, 0.6) is 5.75 Å². The predicted octanol–water partition coefficient (Wildman–Crippen LogP) is 4.16. The molecule has 172 valence electrons. The first kappa shape index (κ1) is 24.0. The Kier molecular flexibility index (Phi) is 7.84. The Hall–Kier alpha value is -3.65. The molecule has 3 aromatic carbocycles. The van der Waals surface area contributed by atoms with E-state index in [-0.39, 0.29) is 4.90 Å². The second kappa shape index (κ2) is 10.8. The minimum atomic E-state index is -3.98. The van der Waals surface area contributed by atoms with E-state index in [1.165, 1.54) is 31.0 Å². The molecule has 8 heteroatoms. The van der Waals surface area contributed by atoms with E-state index in [0.29, 0.717) is 17.4 Å². The number of hydrogen-bond donors (Lipinski definition) is 1. The number of nitrogens with one attached hydrogen (secondary N) is 1. The van der Waals surface area contributed by atoms with Crippen LogP contribution < -0.4 is 14.5 Å². The average molecular weight is 466 g/mol. The zero-order chi connectivity index (χ0) is 23.8. The monoisotopic (exact) mass is 465 g/mol. The second-order valence-electron chi connectivity index (χ2n) is 7.64. The maximum atomic E-state index is 13.3. The number of hydrogen-bond acceptors (Lipinski definition) is 5. The summed E-state index contributed by atoms with van der Waals surface area (Å²) in [6, 6.07) is 22.3. The summed E-state index contributed by atoms with van der Waals surface area (Å²) in [6.07, 6.45) is 1.52. The highest BCUT2D eigenvalue weighted by atomic mass is 32.2. The van der Waals surface area contributed by atoms with E-state index in [4.69, 9.17) is 4.74 Å². The lowest BCUT2D eigenvalue weighted by molar-refractivity contribution is -0.119. The summed E-state index contributed by atoms with van der Waals surface area (Å²) in [4.78, 5) is 12.7. The van der Waals surface area contributed by atoms with Crippen LogP contribution in [0.3, 0.4) is 0 Å².